The number of anilines is 1. The summed E-state index contributed by atoms with van der Waals surface area (Å²) >= 11 is 6.47. The third-order valence-electron chi connectivity index (χ3n) is 6.84. The molecule has 0 bridgehead atoms. The van der Waals surface area contributed by atoms with Crippen molar-refractivity contribution in [1.82, 2.24) is 9.80 Å². The summed E-state index contributed by atoms with van der Waals surface area (Å²) in [5.41, 5.74) is 1.82. The van der Waals surface area contributed by atoms with Crippen LogP contribution in [0.1, 0.15) is 18.4 Å². The summed E-state index contributed by atoms with van der Waals surface area (Å²) in [6, 6.07) is 5.55. The van der Waals surface area contributed by atoms with Crippen LogP contribution in [0.25, 0.3) is 0 Å². The highest BCUT2D eigenvalue weighted by atomic mass is 35.5. The second kappa shape index (κ2) is 9.84. The highest BCUT2D eigenvalue weighted by molar-refractivity contribution is 6.33. The minimum atomic E-state index is -5.74. The van der Waals surface area contributed by atoms with Crippen molar-refractivity contribution in [2.75, 3.05) is 44.2 Å². The number of alkyl halides is 7. The number of rotatable bonds is 4. The topological polar surface area (TPSA) is 36.0 Å². The quantitative estimate of drug-likeness (QED) is 0.496. The van der Waals surface area contributed by atoms with Crippen molar-refractivity contribution < 1.29 is 40.3 Å². The minimum absolute atomic E-state index is 0.0227. The smallest absolute Gasteiger partial charge is 0.426 e. The first-order valence-electron chi connectivity index (χ1n) is 11.3. The van der Waals surface area contributed by atoms with Gasteiger partial charge in [-0.05, 0) is 36.3 Å². The number of fused-ring (bicyclic) bond motifs is 1. The maximum atomic E-state index is 13.6. The number of nitrogens with zero attached hydrogens (tertiary/aromatic N) is 3. The zero-order valence-electron chi connectivity index (χ0n) is 18.6. The fourth-order valence-electron chi connectivity index (χ4n) is 5.22. The Morgan fingerprint density at radius 3 is 2.11 bits per heavy atom. The number of likely N-dealkylation sites (tertiary alicyclic amines) is 2. The van der Waals surface area contributed by atoms with Gasteiger partial charge in [-0.2, -0.15) is 26.3 Å². The fraction of sp³-hybridized carbons (Fsp3) is 0.682. The van der Waals surface area contributed by atoms with E-state index in [4.69, 9.17) is 11.6 Å². The molecule has 196 valence electrons. The lowest BCUT2D eigenvalue weighted by Gasteiger charge is -2.33. The van der Waals surface area contributed by atoms with Crippen LogP contribution in [0, 0.1) is 11.8 Å². The van der Waals surface area contributed by atoms with E-state index in [9.17, 15) is 35.5 Å². The summed E-state index contributed by atoms with van der Waals surface area (Å²) in [7, 11) is 0. The summed E-state index contributed by atoms with van der Waals surface area (Å²) in [6.45, 7) is 2.73. The SMILES string of the molecule is O=C(OC(C(F)(F)F)C(F)(F)F)N1CC2CN(Cc3cccc(Cl)c3N3CCC(F)CC3)CC2C1. The predicted molar refractivity (Wildman–Crippen MR) is 114 cm³/mol. The molecule has 3 aliphatic rings. The lowest BCUT2D eigenvalue weighted by molar-refractivity contribution is -0.308. The molecule has 1 aromatic rings. The van der Waals surface area contributed by atoms with Crippen LogP contribution in [0.5, 0.6) is 0 Å². The second-order valence-electron chi connectivity index (χ2n) is 9.38. The van der Waals surface area contributed by atoms with Gasteiger partial charge in [0.05, 0.1) is 10.7 Å². The molecule has 4 rings (SSSR count). The van der Waals surface area contributed by atoms with Gasteiger partial charge in [-0.1, -0.05) is 23.7 Å². The number of benzene rings is 1. The number of piperidine rings is 1. The van der Waals surface area contributed by atoms with Crippen LogP contribution in [-0.2, 0) is 11.3 Å². The molecule has 0 spiro atoms. The molecule has 0 saturated carbocycles. The summed E-state index contributed by atoms with van der Waals surface area (Å²) < 4.78 is 93.7. The molecule has 3 fully saturated rings. The highest BCUT2D eigenvalue weighted by Gasteiger charge is 2.60. The van der Waals surface area contributed by atoms with E-state index in [-0.39, 0.29) is 24.9 Å². The van der Waals surface area contributed by atoms with Crippen LogP contribution < -0.4 is 4.90 Å². The van der Waals surface area contributed by atoms with Gasteiger partial charge in [0.2, 0.25) is 0 Å². The first kappa shape index (κ1) is 26.1. The molecular weight excluding hydrogens is 507 g/mol. The van der Waals surface area contributed by atoms with Crippen molar-refractivity contribution in [3.05, 3.63) is 28.8 Å². The van der Waals surface area contributed by atoms with Gasteiger partial charge in [0, 0.05) is 45.8 Å². The van der Waals surface area contributed by atoms with E-state index in [1.54, 1.807) is 6.07 Å². The first-order chi connectivity index (χ1) is 16.3. The van der Waals surface area contributed by atoms with E-state index in [1.165, 1.54) is 0 Å². The molecular formula is C22H25ClF7N3O2. The average Bonchev–Trinajstić information content (AvgIpc) is 3.30. The number of para-hydroxylation sites is 1. The van der Waals surface area contributed by atoms with Gasteiger partial charge in [-0.3, -0.25) is 4.90 Å². The van der Waals surface area contributed by atoms with Crippen LogP contribution in [0.3, 0.4) is 0 Å². The maximum absolute atomic E-state index is 13.6. The number of amides is 1. The Labute approximate surface area is 202 Å². The van der Waals surface area contributed by atoms with Gasteiger partial charge in [0.25, 0.3) is 6.10 Å². The van der Waals surface area contributed by atoms with Gasteiger partial charge in [0.1, 0.15) is 6.17 Å². The van der Waals surface area contributed by atoms with Crippen molar-refractivity contribution >= 4 is 23.4 Å². The van der Waals surface area contributed by atoms with Gasteiger partial charge < -0.3 is 14.5 Å². The standard InChI is InChI=1S/C22H25ClF7N3O2/c23-17-3-1-2-13(18(17)32-6-4-16(24)5-7-32)8-31-9-14-11-33(12-15(14)10-31)20(34)35-19(21(25,26)27)22(28,29)30/h1-3,14-16,19H,4-12H2. The molecule has 0 aliphatic carbocycles. The van der Waals surface area contributed by atoms with E-state index < -0.39 is 30.7 Å². The molecule has 0 radical (unpaired) electrons. The summed E-state index contributed by atoms with van der Waals surface area (Å²) in [4.78, 5) is 17.2. The lowest BCUT2D eigenvalue weighted by atomic mass is 10.0. The third-order valence-corrected chi connectivity index (χ3v) is 7.14. The van der Waals surface area contributed by atoms with Gasteiger partial charge in [-0.25, -0.2) is 9.18 Å². The number of hydrogen-bond acceptors (Lipinski definition) is 4. The summed E-state index contributed by atoms with van der Waals surface area (Å²) in [5, 5.41) is 0.567. The molecule has 3 saturated heterocycles. The molecule has 5 nitrogen and oxygen atoms in total. The molecule has 13 heteroatoms. The van der Waals surface area contributed by atoms with Gasteiger partial charge >= 0.3 is 18.4 Å². The number of hydrogen-bond donors (Lipinski definition) is 0. The van der Waals surface area contributed by atoms with Crippen molar-refractivity contribution in [1.29, 1.82) is 0 Å². The normalized spacial score (nSPS) is 24.4. The molecule has 2 unspecified atom stereocenters. The Hall–Kier alpha value is -1.95. The number of carbonyl (C=O) groups is 1. The Balaban J connectivity index is 1.36. The van der Waals surface area contributed by atoms with Crippen molar-refractivity contribution in [3.63, 3.8) is 0 Å². The van der Waals surface area contributed by atoms with Crippen molar-refractivity contribution in [2.45, 2.75) is 44.0 Å². The Kier molecular flexibility index (Phi) is 7.34. The summed E-state index contributed by atoms with van der Waals surface area (Å²) in [6.07, 6.45) is -17.2. The maximum Gasteiger partial charge on any atom is 0.434 e. The monoisotopic (exact) mass is 531 g/mol. The molecule has 1 amide bonds. The molecule has 1 aromatic carbocycles. The zero-order chi connectivity index (χ0) is 25.5. The van der Waals surface area contributed by atoms with Crippen LogP contribution >= 0.6 is 11.6 Å². The van der Waals surface area contributed by atoms with E-state index in [0.717, 1.165) is 16.2 Å². The van der Waals surface area contributed by atoms with E-state index in [1.807, 2.05) is 12.1 Å². The van der Waals surface area contributed by atoms with Crippen LogP contribution in [0.4, 0.5) is 41.2 Å². The Morgan fingerprint density at radius 1 is 1.00 bits per heavy atom. The third kappa shape index (κ3) is 5.90. The van der Waals surface area contributed by atoms with E-state index in [0.29, 0.717) is 50.6 Å². The highest BCUT2D eigenvalue weighted by Crippen LogP contribution is 2.39. The molecule has 0 N–H and O–H groups in total. The number of halogens is 8. The predicted octanol–water partition coefficient (Wildman–Crippen LogP) is 5.27. The lowest BCUT2D eigenvalue weighted by Crippen LogP contribution is -2.48. The Bertz CT molecular complexity index is 893. The van der Waals surface area contributed by atoms with Crippen molar-refractivity contribution in [3.8, 4) is 0 Å². The second-order valence-corrected chi connectivity index (χ2v) is 9.78. The number of ether oxygens (including phenoxy) is 1. The largest absolute Gasteiger partial charge is 0.434 e. The zero-order valence-corrected chi connectivity index (χ0v) is 19.3. The molecule has 35 heavy (non-hydrogen) atoms. The average molecular weight is 532 g/mol. The van der Waals surface area contributed by atoms with E-state index >= 15 is 0 Å². The summed E-state index contributed by atoms with van der Waals surface area (Å²) in [5.74, 6) is -0.189. The van der Waals surface area contributed by atoms with Crippen molar-refractivity contribution in [2.24, 2.45) is 11.8 Å². The fourth-order valence-corrected chi connectivity index (χ4v) is 5.53. The van der Waals surface area contributed by atoms with Gasteiger partial charge in [-0.15, -0.1) is 0 Å². The number of carbonyl (C=O) groups excluding carboxylic acids is 1. The molecule has 2 atom stereocenters. The molecule has 3 heterocycles. The Morgan fingerprint density at radius 2 is 1.57 bits per heavy atom. The molecule has 3 aliphatic heterocycles. The van der Waals surface area contributed by atoms with Crippen LogP contribution in [0.15, 0.2) is 18.2 Å². The van der Waals surface area contributed by atoms with Gasteiger partial charge in [0.15, 0.2) is 0 Å². The van der Waals surface area contributed by atoms with Crippen LogP contribution in [-0.4, -0.2) is 79.8 Å². The van der Waals surface area contributed by atoms with Crippen LogP contribution in [0.2, 0.25) is 5.02 Å². The van der Waals surface area contributed by atoms with E-state index in [2.05, 4.69) is 14.5 Å². The minimum Gasteiger partial charge on any atom is -0.426 e. The molecule has 0 aromatic heterocycles. The first-order valence-corrected chi connectivity index (χ1v) is 11.7.